The minimum absolute atomic E-state index is 0.0256. The number of amides is 1. The monoisotopic (exact) mass is 535 g/mol. The van der Waals surface area contributed by atoms with Crippen LogP contribution in [0.25, 0.3) is 11.4 Å². The van der Waals surface area contributed by atoms with Gasteiger partial charge in [0, 0.05) is 11.3 Å². The molecule has 3 N–H and O–H groups in total. The maximum absolute atomic E-state index is 13.2. The van der Waals surface area contributed by atoms with Crippen molar-refractivity contribution in [3.05, 3.63) is 90.0 Å². The molecule has 0 spiro atoms. The van der Waals surface area contributed by atoms with Crippen molar-refractivity contribution in [1.82, 2.24) is 14.9 Å². The molecule has 0 radical (unpaired) electrons. The molecule has 4 rings (SSSR count). The molecule has 1 aromatic heterocycles. The summed E-state index contributed by atoms with van der Waals surface area (Å²) < 4.78 is 69.5. The topological polar surface area (TPSA) is 95.1 Å². The summed E-state index contributed by atoms with van der Waals surface area (Å²) in [5, 5.41) is 9.77. The van der Waals surface area contributed by atoms with Gasteiger partial charge in [0.2, 0.25) is 11.1 Å². The Morgan fingerprint density at radius 3 is 2.32 bits per heavy atom. The highest BCUT2D eigenvalue weighted by Crippen LogP contribution is 2.37. The quantitative estimate of drug-likeness (QED) is 0.170. The van der Waals surface area contributed by atoms with Gasteiger partial charge in [0.05, 0.1) is 5.56 Å². The van der Waals surface area contributed by atoms with Crippen molar-refractivity contribution in [3.8, 4) is 17.1 Å². The van der Waals surface area contributed by atoms with Crippen molar-refractivity contribution in [2.45, 2.75) is 23.2 Å². The summed E-state index contributed by atoms with van der Waals surface area (Å²) in [6, 6.07) is 18.4. The lowest BCUT2D eigenvalue weighted by Crippen LogP contribution is -2.21. The normalized spacial score (nSPS) is 12.4. The molecule has 0 aliphatic carbocycles. The van der Waals surface area contributed by atoms with Crippen molar-refractivity contribution in [2.24, 2.45) is 0 Å². The number of carbonyl (C=O) groups excluding carboxylic acids is 1. The molecule has 0 bridgehead atoms. The number of halogens is 5. The smallest absolute Gasteiger partial charge is 0.416 e. The fourth-order valence-electron chi connectivity index (χ4n) is 3.33. The van der Waals surface area contributed by atoms with E-state index in [9.17, 15) is 26.7 Å². The van der Waals surface area contributed by atoms with E-state index in [1.165, 1.54) is 36.4 Å². The average molecular weight is 535 g/mol. The van der Waals surface area contributed by atoms with Crippen molar-refractivity contribution >= 4 is 23.4 Å². The summed E-state index contributed by atoms with van der Waals surface area (Å²) in [5.41, 5.74) is 0.0797. The molecular weight excluding hydrogens is 517 g/mol. The summed E-state index contributed by atoms with van der Waals surface area (Å²) in [7, 11) is 0. The first kappa shape index (κ1) is 25.9. The summed E-state index contributed by atoms with van der Waals surface area (Å²) in [6.07, 6.45) is -4.57. The van der Waals surface area contributed by atoms with Gasteiger partial charge in [-0.25, -0.2) is 4.68 Å². The van der Waals surface area contributed by atoms with Crippen LogP contribution < -0.4 is 15.9 Å². The van der Waals surface area contributed by atoms with Gasteiger partial charge in [-0.3, -0.25) is 4.79 Å². The fourth-order valence-corrected chi connectivity index (χ4v) is 4.28. The summed E-state index contributed by atoms with van der Waals surface area (Å²) in [5.74, 6) is 5.70. The van der Waals surface area contributed by atoms with Crippen LogP contribution >= 0.6 is 11.8 Å². The van der Waals surface area contributed by atoms with Gasteiger partial charge in [0.25, 0.3) is 0 Å². The first-order chi connectivity index (χ1) is 17.6. The lowest BCUT2D eigenvalue weighted by Gasteiger charge is -2.17. The number of rotatable bonds is 8. The van der Waals surface area contributed by atoms with Gasteiger partial charge in [-0.05, 0) is 48.0 Å². The number of ether oxygens (including phenoxy) is 1. The Morgan fingerprint density at radius 2 is 1.68 bits per heavy atom. The largest absolute Gasteiger partial charge is 0.435 e. The highest BCUT2D eigenvalue weighted by molar-refractivity contribution is 8.00. The Hall–Kier alpha value is -4.13. The van der Waals surface area contributed by atoms with Gasteiger partial charge in [-0.15, -0.1) is 10.2 Å². The zero-order valence-electron chi connectivity index (χ0n) is 18.7. The number of anilines is 1. The highest BCUT2D eigenvalue weighted by atomic mass is 32.2. The van der Waals surface area contributed by atoms with Crippen LogP contribution in [0.3, 0.4) is 0 Å². The van der Waals surface area contributed by atoms with Crippen LogP contribution in [0.1, 0.15) is 16.4 Å². The van der Waals surface area contributed by atoms with Crippen LogP contribution in [0, 0.1) is 0 Å². The zero-order valence-corrected chi connectivity index (χ0v) is 19.5. The van der Waals surface area contributed by atoms with Gasteiger partial charge < -0.3 is 15.9 Å². The van der Waals surface area contributed by atoms with Gasteiger partial charge in [0.1, 0.15) is 11.0 Å². The van der Waals surface area contributed by atoms with Crippen LogP contribution in [0.5, 0.6) is 5.75 Å². The number of nitrogens with two attached hydrogens (primary N) is 1. The molecule has 1 atom stereocenters. The van der Waals surface area contributed by atoms with Crippen molar-refractivity contribution in [1.29, 1.82) is 0 Å². The minimum Gasteiger partial charge on any atom is -0.435 e. The lowest BCUT2D eigenvalue weighted by molar-refractivity contribution is -0.137. The SMILES string of the molecule is Nn1c(SC(C(=O)Nc2cccc(C(F)(F)F)c2)c2ccccc2)nnc1-c1ccc(OC(F)F)cc1. The number of nitrogen functional groups attached to an aromatic ring is 1. The molecule has 192 valence electrons. The summed E-state index contributed by atoms with van der Waals surface area (Å²) in [4.78, 5) is 13.2. The number of hydrogen-bond donors (Lipinski definition) is 2. The standard InChI is InChI=1S/C24H18F5N5O2S/c25-22(26)36-18-11-9-15(10-12-18)20-32-33-23(34(20)30)37-19(14-5-2-1-3-6-14)21(35)31-17-8-4-7-16(13-17)24(27,28)29/h1-13,19,22H,30H2,(H,31,35). The minimum atomic E-state index is -4.57. The molecular formula is C24H18F5N5O2S. The highest BCUT2D eigenvalue weighted by Gasteiger charge is 2.31. The van der Waals surface area contributed by atoms with Crippen LogP contribution in [0.2, 0.25) is 0 Å². The molecule has 0 aliphatic heterocycles. The summed E-state index contributed by atoms with van der Waals surface area (Å²) >= 11 is 0.939. The Kier molecular flexibility index (Phi) is 7.62. The van der Waals surface area contributed by atoms with E-state index in [0.717, 1.165) is 28.6 Å². The molecule has 0 saturated carbocycles. The molecule has 0 fully saturated rings. The molecule has 0 saturated heterocycles. The molecule has 1 unspecified atom stereocenters. The van der Waals surface area contributed by atoms with E-state index in [-0.39, 0.29) is 22.4 Å². The number of nitrogens with zero attached hydrogens (tertiary/aromatic N) is 3. The second kappa shape index (κ2) is 10.9. The third-order valence-corrected chi connectivity index (χ3v) is 6.23. The van der Waals surface area contributed by atoms with E-state index in [2.05, 4.69) is 20.3 Å². The second-order valence-electron chi connectivity index (χ2n) is 7.56. The van der Waals surface area contributed by atoms with E-state index in [4.69, 9.17) is 5.84 Å². The third kappa shape index (κ3) is 6.36. The first-order valence-corrected chi connectivity index (χ1v) is 11.5. The van der Waals surface area contributed by atoms with Crippen LogP contribution in [-0.2, 0) is 11.0 Å². The molecule has 37 heavy (non-hydrogen) atoms. The van der Waals surface area contributed by atoms with E-state index in [1.54, 1.807) is 30.3 Å². The fraction of sp³-hybridized carbons (Fsp3) is 0.125. The van der Waals surface area contributed by atoms with Gasteiger partial charge in [-0.1, -0.05) is 48.2 Å². The number of alkyl halides is 5. The second-order valence-corrected chi connectivity index (χ2v) is 8.63. The van der Waals surface area contributed by atoms with E-state index in [0.29, 0.717) is 11.1 Å². The van der Waals surface area contributed by atoms with E-state index >= 15 is 0 Å². The number of benzene rings is 3. The number of thioether (sulfide) groups is 1. The maximum atomic E-state index is 13.2. The average Bonchev–Trinajstić information content (AvgIpc) is 3.22. The van der Waals surface area contributed by atoms with E-state index < -0.39 is 29.5 Å². The number of hydrogen-bond acceptors (Lipinski definition) is 6. The molecule has 13 heteroatoms. The molecule has 0 aliphatic rings. The van der Waals surface area contributed by atoms with Gasteiger partial charge in [0.15, 0.2) is 5.82 Å². The predicted molar refractivity (Wildman–Crippen MR) is 127 cm³/mol. The maximum Gasteiger partial charge on any atom is 0.416 e. The lowest BCUT2D eigenvalue weighted by atomic mass is 10.1. The Labute approximate surface area is 211 Å². The van der Waals surface area contributed by atoms with Gasteiger partial charge >= 0.3 is 12.8 Å². The van der Waals surface area contributed by atoms with Crippen molar-refractivity contribution < 1.29 is 31.5 Å². The van der Waals surface area contributed by atoms with E-state index in [1.807, 2.05) is 0 Å². The van der Waals surface area contributed by atoms with Crippen molar-refractivity contribution in [3.63, 3.8) is 0 Å². The van der Waals surface area contributed by atoms with Crippen LogP contribution in [0.15, 0.2) is 84.0 Å². The third-order valence-electron chi connectivity index (χ3n) is 5.02. The molecule has 1 heterocycles. The van der Waals surface area contributed by atoms with Crippen LogP contribution in [0.4, 0.5) is 27.6 Å². The molecule has 7 nitrogen and oxygen atoms in total. The van der Waals surface area contributed by atoms with Gasteiger partial charge in [-0.2, -0.15) is 22.0 Å². The molecule has 1 amide bonds. The van der Waals surface area contributed by atoms with Crippen LogP contribution in [-0.4, -0.2) is 27.4 Å². The number of aromatic nitrogens is 3. The summed E-state index contributed by atoms with van der Waals surface area (Å²) in [6.45, 7) is -2.97. The first-order valence-electron chi connectivity index (χ1n) is 10.6. The Balaban J connectivity index is 1.59. The van der Waals surface area contributed by atoms with Crippen molar-refractivity contribution in [2.75, 3.05) is 11.2 Å². The predicted octanol–water partition coefficient (Wildman–Crippen LogP) is 5.75. The number of carbonyl (C=O) groups is 1. The Morgan fingerprint density at radius 1 is 0.973 bits per heavy atom. The number of nitrogens with one attached hydrogen (secondary N) is 1. The zero-order chi connectivity index (χ0) is 26.6. The molecule has 3 aromatic carbocycles. The molecule has 4 aromatic rings. The Bertz CT molecular complexity index is 1360.